The van der Waals surface area contributed by atoms with E-state index in [1.807, 2.05) is 48.5 Å². The summed E-state index contributed by atoms with van der Waals surface area (Å²) in [7, 11) is 0. The molecule has 0 aliphatic rings. The van der Waals surface area contributed by atoms with E-state index in [1.54, 1.807) is 6.07 Å². The number of nitrogens with two attached hydrogens (primary N) is 1. The molecule has 1 amide bonds. The second-order valence-corrected chi connectivity index (χ2v) is 5.95. The van der Waals surface area contributed by atoms with E-state index >= 15 is 0 Å². The van der Waals surface area contributed by atoms with Crippen LogP contribution in [0.25, 0.3) is 0 Å². The van der Waals surface area contributed by atoms with E-state index in [4.69, 9.17) is 18.0 Å². The topological polar surface area (TPSA) is 55.1 Å². The quantitative estimate of drug-likeness (QED) is 0.617. The number of carbonyl (C=O) groups excluding carboxylic acids is 1. The van der Waals surface area contributed by atoms with Crippen molar-refractivity contribution in [1.82, 2.24) is 5.32 Å². The van der Waals surface area contributed by atoms with Crippen LogP contribution in [0.4, 0.5) is 0 Å². The van der Waals surface area contributed by atoms with Crippen molar-refractivity contribution in [2.45, 2.75) is 6.04 Å². The number of nitrogens with one attached hydrogen (secondary N) is 1. The van der Waals surface area contributed by atoms with Gasteiger partial charge in [-0.1, -0.05) is 48.6 Å². The summed E-state index contributed by atoms with van der Waals surface area (Å²) in [5.41, 5.74) is 7.21. The highest BCUT2D eigenvalue weighted by Crippen LogP contribution is 2.15. The molecule has 2 aromatic carbocycles. The lowest BCUT2D eigenvalue weighted by atomic mass is 10.1. The van der Waals surface area contributed by atoms with Gasteiger partial charge in [-0.15, -0.1) is 0 Å². The van der Waals surface area contributed by atoms with E-state index in [2.05, 4.69) is 27.9 Å². The molecule has 1 unspecified atom stereocenters. The van der Waals surface area contributed by atoms with Gasteiger partial charge in [0, 0.05) is 9.13 Å². The Morgan fingerprint density at radius 2 is 1.85 bits per heavy atom. The van der Waals surface area contributed by atoms with Crippen LogP contribution in [0.2, 0.25) is 0 Å². The van der Waals surface area contributed by atoms with Crippen LogP contribution in [-0.2, 0) is 0 Å². The zero-order chi connectivity index (χ0) is 14.5. The van der Waals surface area contributed by atoms with Crippen LogP contribution in [0.15, 0.2) is 54.6 Å². The van der Waals surface area contributed by atoms with Crippen molar-refractivity contribution in [2.24, 2.45) is 5.73 Å². The minimum Gasteiger partial charge on any atom is -0.391 e. The zero-order valence-electron chi connectivity index (χ0n) is 10.5. The number of thiocarbonyl (C=S) groups is 1. The summed E-state index contributed by atoms with van der Waals surface area (Å²) in [4.78, 5) is 12.5. The molecule has 0 saturated heterocycles. The molecule has 0 radical (unpaired) electrons. The van der Waals surface area contributed by atoms with Gasteiger partial charge in [0.25, 0.3) is 5.91 Å². The summed E-state index contributed by atoms with van der Waals surface area (Å²) in [6.07, 6.45) is 0. The van der Waals surface area contributed by atoms with E-state index in [0.29, 0.717) is 5.56 Å². The van der Waals surface area contributed by atoms with Crippen molar-refractivity contribution in [3.8, 4) is 0 Å². The van der Waals surface area contributed by atoms with E-state index in [1.165, 1.54) is 0 Å². The second-order valence-electron chi connectivity index (χ2n) is 4.23. The molecular formula is C15H13IN2OS. The third kappa shape index (κ3) is 3.77. The molecule has 0 aromatic heterocycles. The van der Waals surface area contributed by atoms with Gasteiger partial charge < -0.3 is 11.1 Å². The van der Waals surface area contributed by atoms with E-state index in [9.17, 15) is 4.79 Å². The molecule has 3 N–H and O–H groups in total. The first-order valence-electron chi connectivity index (χ1n) is 5.98. The fourth-order valence-corrected chi connectivity index (χ4v) is 2.55. The van der Waals surface area contributed by atoms with Crippen molar-refractivity contribution < 1.29 is 4.79 Å². The Bertz CT molecular complexity index is 631. The van der Waals surface area contributed by atoms with E-state index < -0.39 is 6.04 Å². The molecule has 0 saturated carbocycles. The largest absolute Gasteiger partial charge is 0.391 e. The standard InChI is InChI=1S/C15H13IN2OS/c16-12-8-4-7-11(9-12)15(19)18-13(14(17)20)10-5-2-1-3-6-10/h1-9,13H,(H2,17,20)(H,18,19). The molecule has 2 aromatic rings. The SMILES string of the molecule is NC(=S)C(NC(=O)c1cccc(I)c1)c1ccccc1. The van der Waals surface area contributed by atoms with Gasteiger partial charge in [0.15, 0.2) is 0 Å². The van der Waals surface area contributed by atoms with Gasteiger partial charge in [-0.05, 0) is 46.4 Å². The van der Waals surface area contributed by atoms with Crippen LogP contribution in [0, 0.1) is 3.57 Å². The molecule has 0 aliphatic carbocycles. The van der Waals surface area contributed by atoms with Crippen molar-refractivity contribution in [3.63, 3.8) is 0 Å². The lowest BCUT2D eigenvalue weighted by Gasteiger charge is -2.18. The fraction of sp³-hybridized carbons (Fsp3) is 0.0667. The summed E-state index contributed by atoms with van der Waals surface area (Å²) < 4.78 is 1.00. The Morgan fingerprint density at radius 3 is 2.45 bits per heavy atom. The molecule has 0 bridgehead atoms. The molecule has 0 aliphatic heterocycles. The average molecular weight is 396 g/mol. The molecule has 5 heteroatoms. The lowest BCUT2D eigenvalue weighted by molar-refractivity contribution is 0.0947. The fourth-order valence-electron chi connectivity index (χ4n) is 1.81. The third-order valence-corrected chi connectivity index (χ3v) is 3.69. The molecule has 102 valence electrons. The average Bonchev–Trinajstić information content (AvgIpc) is 2.45. The maximum Gasteiger partial charge on any atom is 0.252 e. The summed E-state index contributed by atoms with van der Waals surface area (Å²) >= 11 is 7.22. The van der Waals surface area contributed by atoms with Gasteiger partial charge in [0.05, 0.1) is 0 Å². The maximum absolute atomic E-state index is 12.3. The van der Waals surface area contributed by atoms with Gasteiger partial charge in [-0.2, -0.15) is 0 Å². The van der Waals surface area contributed by atoms with Crippen molar-refractivity contribution in [1.29, 1.82) is 0 Å². The Balaban J connectivity index is 2.21. The summed E-state index contributed by atoms with van der Waals surface area (Å²) in [5, 5.41) is 2.87. The van der Waals surface area contributed by atoms with Crippen LogP contribution in [0.3, 0.4) is 0 Å². The highest BCUT2D eigenvalue weighted by atomic mass is 127. The van der Waals surface area contributed by atoms with Crippen LogP contribution < -0.4 is 11.1 Å². The lowest BCUT2D eigenvalue weighted by Crippen LogP contribution is -2.36. The Labute approximate surface area is 136 Å². The molecule has 0 heterocycles. The van der Waals surface area contributed by atoms with Gasteiger partial charge >= 0.3 is 0 Å². The smallest absolute Gasteiger partial charge is 0.252 e. The first-order valence-corrected chi connectivity index (χ1v) is 7.47. The molecule has 0 spiro atoms. The molecule has 1 atom stereocenters. The predicted molar refractivity (Wildman–Crippen MR) is 92.6 cm³/mol. The minimum absolute atomic E-state index is 0.190. The monoisotopic (exact) mass is 396 g/mol. The molecule has 3 nitrogen and oxygen atoms in total. The third-order valence-electron chi connectivity index (χ3n) is 2.78. The number of amides is 1. The van der Waals surface area contributed by atoms with Gasteiger partial charge in [-0.3, -0.25) is 4.79 Å². The molecular weight excluding hydrogens is 383 g/mol. The van der Waals surface area contributed by atoms with Crippen LogP contribution in [0.1, 0.15) is 22.0 Å². The molecule has 2 rings (SSSR count). The predicted octanol–water partition coefficient (Wildman–Crippen LogP) is 3.05. The number of rotatable bonds is 4. The van der Waals surface area contributed by atoms with Crippen molar-refractivity contribution in [3.05, 3.63) is 69.3 Å². The van der Waals surface area contributed by atoms with Crippen molar-refractivity contribution >= 4 is 45.7 Å². The Morgan fingerprint density at radius 1 is 1.15 bits per heavy atom. The van der Waals surface area contributed by atoms with Crippen LogP contribution in [0.5, 0.6) is 0 Å². The number of carbonyl (C=O) groups is 1. The molecule has 0 fully saturated rings. The highest BCUT2D eigenvalue weighted by molar-refractivity contribution is 14.1. The number of benzene rings is 2. The Kier molecular flexibility index (Phi) is 5.08. The van der Waals surface area contributed by atoms with Crippen LogP contribution >= 0.6 is 34.8 Å². The van der Waals surface area contributed by atoms with Gasteiger partial charge in [0.2, 0.25) is 0 Å². The minimum atomic E-state index is -0.462. The summed E-state index contributed by atoms with van der Waals surface area (Å²) in [6.45, 7) is 0. The Hall–Kier alpha value is -1.47. The zero-order valence-corrected chi connectivity index (χ0v) is 13.5. The number of hydrogen-bond donors (Lipinski definition) is 2. The maximum atomic E-state index is 12.3. The highest BCUT2D eigenvalue weighted by Gasteiger charge is 2.18. The van der Waals surface area contributed by atoms with Gasteiger partial charge in [0.1, 0.15) is 11.0 Å². The normalized spacial score (nSPS) is 11.7. The van der Waals surface area contributed by atoms with E-state index in [-0.39, 0.29) is 10.9 Å². The first-order chi connectivity index (χ1) is 9.58. The number of hydrogen-bond acceptors (Lipinski definition) is 2. The van der Waals surface area contributed by atoms with Gasteiger partial charge in [-0.25, -0.2) is 0 Å². The second kappa shape index (κ2) is 6.81. The van der Waals surface area contributed by atoms with Crippen molar-refractivity contribution in [2.75, 3.05) is 0 Å². The van der Waals surface area contributed by atoms with Crippen LogP contribution in [-0.4, -0.2) is 10.9 Å². The first kappa shape index (κ1) is 14.9. The molecule has 20 heavy (non-hydrogen) atoms. The summed E-state index contributed by atoms with van der Waals surface area (Å²) in [5.74, 6) is -0.190. The number of halogens is 1. The van der Waals surface area contributed by atoms with E-state index in [0.717, 1.165) is 9.13 Å². The summed E-state index contributed by atoms with van der Waals surface area (Å²) in [6, 6.07) is 16.3.